The Kier molecular flexibility index (Phi) is 69.7. The lowest BCUT2D eigenvalue weighted by atomic mass is 10.0. The SMILES string of the molecule is CC/C=C\C/C=C\C/C=C\C/C=C\C/C=C\C/C=C\C/C=C\C/C=C\C/C=C\CCCCCCCCCCCCCC(=O)NC(CO)C(O)/C=C/CC/C=C/CCCCCCCCCCCCCCCCCCCCCCCCCCCC. The molecule has 0 aliphatic heterocycles. The number of amides is 1. The van der Waals surface area contributed by atoms with Crippen LogP contribution in [-0.2, 0) is 4.79 Å². The van der Waals surface area contributed by atoms with Crippen molar-refractivity contribution in [1.82, 2.24) is 5.32 Å². The molecular weight excluding hydrogens is 1010 g/mol. The number of allylic oxidation sites excluding steroid dienone is 21. The summed E-state index contributed by atoms with van der Waals surface area (Å²) in [6.07, 6.45) is 113. The van der Waals surface area contributed by atoms with Crippen LogP contribution in [0.25, 0.3) is 0 Å². The van der Waals surface area contributed by atoms with Gasteiger partial charge in [0.2, 0.25) is 5.91 Å². The zero-order valence-electron chi connectivity index (χ0n) is 54.9. The molecule has 0 fully saturated rings. The molecule has 2 unspecified atom stereocenters. The smallest absolute Gasteiger partial charge is 0.220 e. The topological polar surface area (TPSA) is 69.6 Å². The van der Waals surface area contributed by atoms with Crippen LogP contribution >= 0.6 is 0 Å². The predicted molar refractivity (Wildman–Crippen MR) is 372 cm³/mol. The highest BCUT2D eigenvalue weighted by Gasteiger charge is 2.18. The van der Waals surface area contributed by atoms with E-state index in [1.807, 2.05) is 6.08 Å². The van der Waals surface area contributed by atoms with Crippen LogP contribution in [0.4, 0.5) is 0 Å². The van der Waals surface area contributed by atoms with Gasteiger partial charge in [-0.05, 0) is 103 Å². The van der Waals surface area contributed by atoms with Crippen LogP contribution in [0, 0.1) is 0 Å². The first-order chi connectivity index (χ1) is 41.2. The molecule has 0 radical (unpaired) electrons. The van der Waals surface area contributed by atoms with Crippen LogP contribution in [0.3, 0.4) is 0 Å². The summed E-state index contributed by atoms with van der Waals surface area (Å²) >= 11 is 0. The maximum absolute atomic E-state index is 12.5. The number of nitrogens with one attached hydrogen (secondary N) is 1. The fraction of sp³-hybridized carbons (Fsp3) is 0.709. The summed E-state index contributed by atoms with van der Waals surface area (Å²) < 4.78 is 0. The number of rotatable bonds is 65. The van der Waals surface area contributed by atoms with Crippen LogP contribution in [0.2, 0.25) is 0 Å². The normalized spacial score (nSPS) is 13.5. The molecule has 0 bridgehead atoms. The second-order valence-corrected chi connectivity index (χ2v) is 23.9. The lowest BCUT2D eigenvalue weighted by Gasteiger charge is -2.19. The molecule has 2 atom stereocenters. The Bertz CT molecular complexity index is 1640. The fourth-order valence-corrected chi connectivity index (χ4v) is 10.5. The van der Waals surface area contributed by atoms with Gasteiger partial charge in [0.1, 0.15) is 0 Å². The number of aliphatic hydroxyl groups is 2. The molecular formula is C79H137NO3. The number of hydrogen-bond donors (Lipinski definition) is 3. The summed E-state index contributed by atoms with van der Waals surface area (Å²) in [4.78, 5) is 12.5. The highest BCUT2D eigenvalue weighted by molar-refractivity contribution is 5.76. The summed E-state index contributed by atoms with van der Waals surface area (Å²) in [6, 6.07) is -0.652. The second kappa shape index (κ2) is 72.8. The summed E-state index contributed by atoms with van der Waals surface area (Å²) in [5.74, 6) is -0.0786. The number of aliphatic hydroxyl groups excluding tert-OH is 2. The Labute approximate surface area is 517 Å². The van der Waals surface area contributed by atoms with Crippen LogP contribution < -0.4 is 5.32 Å². The molecule has 0 saturated carbocycles. The summed E-state index contributed by atoms with van der Waals surface area (Å²) in [5, 5.41) is 23.3. The lowest BCUT2D eigenvalue weighted by Crippen LogP contribution is -2.45. The quantitative estimate of drug-likeness (QED) is 0.0420. The molecule has 0 aromatic heterocycles. The van der Waals surface area contributed by atoms with Gasteiger partial charge in [-0.15, -0.1) is 0 Å². The number of carbonyl (C=O) groups is 1. The van der Waals surface area contributed by atoms with Gasteiger partial charge in [-0.2, -0.15) is 0 Å². The minimum absolute atomic E-state index is 0.0786. The van der Waals surface area contributed by atoms with E-state index in [0.717, 1.165) is 89.9 Å². The van der Waals surface area contributed by atoms with Crippen LogP contribution in [0.5, 0.6) is 0 Å². The molecule has 0 aromatic carbocycles. The van der Waals surface area contributed by atoms with Gasteiger partial charge in [0.25, 0.3) is 0 Å². The third-order valence-electron chi connectivity index (χ3n) is 15.9. The standard InChI is InChI=1S/C79H137NO3/c1-3-5-7-9-11-13-15-17-19-21-23-25-27-29-31-33-35-37-38-39-40-41-42-43-45-47-49-51-53-55-57-59-61-63-65-67-69-71-73-75-79(83)80-77(76-81)78(82)74-72-70-68-66-64-62-60-58-56-54-52-50-48-46-44-36-34-32-30-28-26-24-22-20-18-16-14-12-10-8-6-4-2/h5,7,11,13,17,19,23,25,29,31,35,37,39-40,42-43,47,49,64,66,72,74,77-78,81-82H,3-4,6,8-10,12,14-16,18,20-22,24,26-28,30,32-34,36,38,41,44-46,48,50-63,65,67-71,73,75-76H2,1-2H3,(H,80,83)/b7-5-,13-11-,19-17-,25-23-,31-29-,37-35-,40-39-,43-42-,49-47-,66-64+,74-72+. The maximum Gasteiger partial charge on any atom is 0.220 e. The van der Waals surface area contributed by atoms with Crippen molar-refractivity contribution >= 4 is 5.91 Å². The van der Waals surface area contributed by atoms with E-state index < -0.39 is 12.1 Å². The minimum Gasteiger partial charge on any atom is -0.394 e. The number of hydrogen-bond acceptors (Lipinski definition) is 3. The maximum atomic E-state index is 12.5. The third-order valence-corrected chi connectivity index (χ3v) is 15.9. The van der Waals surface area contributed by atoms with Gasteiger partial charge >= 0.3 is 0 Å². The zero-order valence-corrected chi connectivity index (χ0v) is 54.9. The van der Waals surface area contributed by atoms with E-state index in [0.29, 0.717) is 6.42 Å². The predicted octanol–water partition coefficient (Wildman–Crippen LogP) is 24.9. The van der Waals surface area contributed by atoms with E-state index in [1.165, 1.54) is 231 Å². The highest BCUT2D eigenvalue weighted by atomic mass is 16.3. The van der Waals surface area contributed by atoms with Gasteiger partial charge in [-0.25, -0.2) is 0 Å². The van der Waals surface area contributed by atoms with Crippen LogP contribution in [0.1, 0.15) is 341 Å². The Morgan fingerprint density at radius 1 is 0.301 bits per heavy atom. The van der Waals surface area contributed by atoms with E-state index in [-0.39, 0.29) is 12.5 Å². The van der Waals surface area contributed by atoms with Crippen LogP contribution in [0.15, 0.2) is 134 Å². The van der Waals surface area contributed by atoms with E-state index >= 15 is 0 Å². The van der Waals surface area contributed by atoms with Crippen molar-refractivity contribution in [3.63, 3.8) is 0 Å². The minimum atomic E-state index is -0.874. The van der Waals surface area contributed by atoms with E-state index in [4.69, 9.17) is 0 Å². The van der Waals surface area contributed by atoms with Crippen molar-refractivity contribution in [1.29, 1.82) is 0 Å². The molecule has 4 nitrogen and oxygen atoms in total. The van der Waals surface area contributed by atoms with Gasteiger partial charge in [0.15, 0.2) is 0 Å². The first-order valence-corrected chi connectivity index (χ1v) is 35.9. The van der Waals surface area contributed by atoms with Crippen LogP contribution in [-0.4, -0.2) is 34.9 Å². The molecule has 0 saturated heterocycles. The third kappa shape index (κ3) is 69.2. The van der Waals surface area contributed by atoms with Crippen molar-refractivity contribution in [2.45, 2.75) is 353 Å². The van der Waals surface area contributed by atoms with Gasteiger partial charge < -0.3 is 15.5 Å². The summed E-state index contributed by atoms with van der Waals surface area (Å²) in [5.41, 5.74) is 0. The molecule has 4 heteroatoms. The van der Waals surface area contributed by atoms with Gasteiger partial charge in [-0.1, -0.05) is 366 Å². The average Bonchev–Trinajstić information content (AvgIpc) is 3.51. The van der Waals surface area contributed by atoms with Crippen molar-refractivity contribution < 1.29 is 15.0 Å². The second-order valence-electron chi connectivity index (χ2n) is 23.9. The Hall–Kier alpha value is -3.47. The largest absolute Gasteiger partial charge is 0.394 e. The monoisotopic (exact) mass is 1150 g/mol. The Morgan fingerprint density at radius 2 is 0.542 bits per heavy atom. The Balaban J connectivity index is 3.56. The molecule has 476 valence electrons. The molecule has 83 heavy (non-hydrogen) atoms. The Morgan fingerprint density at radius 3 is 0.843 bits per heavy atom. The first-order valence-electron chi connectivity index (χ1n) is 35.9. The molecule has 3 N–H and O–H groups in total. The van der Waals surface area contributed by atoms with Gasteiger partial charge in [0.05, 0.1) is 18.8 Å². The molecule has 0 rings (SSSR count). The van der Waals surface area contributed by atoms with Crippen molar-refractivity contribution in [3.8, 4) is 0 Å². The van der Waals surface area contributed by atoms with Crippen molar-refractivity contribution in [3.05, 3.63) is 134 Å². The number of unbranched alkanes of at least 4 members (excludes halogenated alkanes) is 38. The lowest BCUT2D eigenvalue weighted by molar-refractivity contribution is -0.123. The van der Waals surface area contributed by atoms with Crippen molar-refractivity contribution in [2.24, 2.45) is 0 Å². The molecule has 0 aromatic rings. The molecule has 1 amide bonds. The molecule has 0 spiro atoms. The fourth-order valence-electron chi connectivity index (χ4n) is 10.5. The zero-order chi connectivity index (χ0) is 59.8. The van der Waals surface area contributed by atoms with Gasteiger partial charge in [-0.3, -0.25) is 4.79 Å². The highest BCUT2D eigenvalue weighted by Crippen LogP contribution is 2.18. The number of carbonyl (C=O) groups excluding carboxylic acids is 1. The first kappa shape index (κ1) is 79.5. The molecule has 0 aliphatic carbocycles. The van der Waals surface area contributed by atoms with Gasteiger partial charge in [0, 0.05) is 6.42 Å². The van der Waals surface area contributed by atoms with Crippen molar-refractivity contribution in [2.75, 3.05) is 6.61 Å². The van der Waals surface area contributed by atoms with E-state index in [1.54, 1.807) is 6.08 Å². The van der Waals surface area contributed by atoms with E-state index in [2.05, 4.69) is 141 Å². The summed E-state index contributed by atoms with van der Waals surface area (Å²) in [7, 11) is 0. The van der Waals surface area contributed by atoms with E-state index in [9.17, 15) is 15.0 Å². The molecule has 0 heterocycles. The average molecular weight is 1150 g/mol. The summed E-state index contributed by atoms with van der Waals surface area (Å²) in [6.45, 7) is 4.20. The molecule has 0 aliphatic rings.